The van der Waals surface area contributed by atoms with Crippen molar-refractivity contribution >= 4 is 69.9 Å². The summed E-state index contributed by atoms with van der Waals surface area (Å²) in [5.41, 5.74) is -0.364. The van der Waals surface area contributed by atoms with E-state index in [0.29, 0.717) is 4.90 Å². The Kier molecular flexibility index (Phi) is 6.44. The molecule has 13 heteroatoms. The Morgan fingerprint density at radius 2 is 1.58 bits per heavy atom. The number of imide groups is 1. The molecule has 10 nitrogen and oxygen atoms in total. The van der Waals surface area contributed by atoms with E-state index in [-0.39, 0.29) is 31.9 Å². The summed E-state index contributed by atoms with van der Waals surface area (Å²) in [4.78, 5) is 59.4. The first-order chi connectivity index (χ1) is 14.6. The fraction of sp³-hybridized carbons (Fsp3) is 0.111. The number of fused-ring (bicyclic) bond motifs is 1. The predicted octanol–water partition coefficient (Wildman–Crippen LogP) is 3.33. The van der Waals surface area contributed by atoms with Gasteiger partial charge in [-0.2, -0.15) is 0 Å². The number of hydrogen-bond donors (Lipinski definition) is 1. The highest BCUT2D eigenvalue weighted by Gasteiger charge is 2.37. The largest absolute Gasteiger partial charge is 0.454 e. The average Bonchev–Trinajstić information content (AvgIpc) is 2.92. The molecule has 0 aromatic heterocycles. The van der Waals surface area contributed by atoms with E-state index in [9.17, 15) is 29.3 Å². The maximum Gasteiger partial charge on any atom is 0.326 e. The molecule has 0 fully saturated rings. The summed E-state index contributed by atoms with van der Waals surface area (Å²) in [5.74, 6) is -3.34. The number of carbonyl (C=O) groups is 4. The fourth-order valence-corrected chi connectivity index (χ4v) is 3.19. The van der Waals surface area contributed by atoms with Crippen molar-refractivity contribution in [2.45, 2.75) is 0 Å². The number of halogens is 3. The monoisotopic (exact) mass is 485 g/mol. The maximum atomic E-state index is 12.4. The van der Waals surface area contributed by atoms with Crippen LogP contribution in [-0.2, 0) is 14.3 Å². The highest BCUT2D eigenvalue weighted by molar-refractivity contribution is 6.43. The Balaban J connectivity index is 1.58. The molecular weight excluding hydrogens is 477 g/mol. The molecule has 0 saturated heterocycles. The number of nitro benzene ring substituents is 1. The summed E-state index contributed by atoms with van der Waals surface area (Å²) in [7, 11) is 0. The molecule has 1 heterocycles. The van der Waals surface area contributed by atoms with Gasteiger partial charge in [0.15, 0.2) is 6.61 Å². The van der Waals surface area contributed by atoms with E-state index >= 15 is 0 Å². The van der Waals surface area contributed by atoms with Crippen LogP contribution in [0.5, 0.6) is 0 Å². The molecule has 0 bridgehead atoms. The smallest absolute Gasteiger partial charge is 0.326 e. The molecule has 0 spiro atoms. The summed E-state index contributed by atoms with van der Waals surface area (Å²) < 4.78 is 4.77. The maximum absolute atomic E-state index is 12.4. The number of esters is 1. The lowest BCUT2D eigenvalue weighted by Gasteiger charge is -2.13. The molecule has 160 valence electrons. The van der Waals surface area contributed by atoms with Crippen molar-refractivity contribution in [2.75, 3.05) is 18.5 Å². The van der Waals surface area contributed by atoms with Crippen molar-refractivity contribution in [1.29, 1.82) is 0 Å². The molecule has 3 amide bonds. The number of carbonyl (C=O) groups excluding carboxylic acids is 4. The van der Waals surface area contributed by atoms with Crippen LogP contribution >= 0.6 is 34.8 Å². The van der Waals surface area contributed by atoms with Gasteiger partial charge in [0.2, 0.25) is 0 Å². The second-order valence-electron chi connectivity index (χ2n) is 6.14. The zero-order valence-corrected chi connectivity index (χ0v) is 17.5. The standard InChI is InChI=1S/C18H10Cl3N3O7/c19-11-2-1-8(3-14(11)24(29)30)22-15(25)7-31-16(26)6-23-17(27)9-4-12(20)13(21)5-10(9)18(23)28/h1-5H,6-7H2,(H,22,25). The molecule has 1 aliphatic rings. The molecular formula is C18H10Cl3N3O7. The van der Waals surface area contributed by atoms with Gasteiger partial charge >= 0.3 is 5.97 Å². The lowest BCUT2D eigenvalue weighted by Crippen LogP contribution is -2.36. The molecule has 31 heavy (non-hydrogen) atoms. The zero-order chi connectivity index (χ0) is 22.9. The molecule has 0 unspecified atom stereocenters. The van der Waals surface area contributed by atoms with E-state index in [1.165, 1.54) is 24.3 Å². The summed E-state index contributed by atoms with van der Waals surface area (Å²) in [5, 5.41) is 13.2. The Bertz CT molecular complexity index is 1110. The molecule has 0 atom stereocenters. The number of ether oxygens (including phenoxy) is 1. The number of hydrogen-bond acceptors (Lipinski definition) is 7. The van der Waals surface area contributed by atoms with E-state index < -0.39 is 47.5 Å². The Labute approximate surface area is 188 Å². The first-order valence-electron chi connectivity index (χ1n) is 8.33. The Morgan fingerprint density at radius 3 is 2.13 bits per heavy atom. The van der Waals surface area contributed by atoms with Gasteiger partial charge in [-0.05, 0) is 24.3 Å². The van der Waals surface area contributed by atoms with Crippen molar-refractivity contribution in [1.82, 2.24) is 4.90 Å². The summed E-state index contributed by atoms with van der Waals surface area (Å²) >= 11 is 17.4. The number of nitro groups is 1. The van der Waals surface area contributed by atoms with Crippen LogP contribution in [0.4, 0.5) is 11.4 Å². The van der Waals surface area contributed by atoms with Crippen LogP contribution < -0.4 is 5.32 Å². The van der Waals surface area contributed by atoms with E-state index in [4.69, 9.17) is 39.5 Å². The van der Waals surface area contributed by atoms with Gasteiger partial charge in [-0.1, -0.05) is 34.8 Å². The van der Waals surface area contributed by atoms with Crippen molar-refractivity contribution in [2.24, 2.45) is 0 Å². The van der Waals surface area contributed by atoms with E-state index in [1.807, 2.05) is 0 Å². The Morgan fingerprint density at radius 1 is 1.00 bits per heavy atom. The lowest BCUT2D eigenvalue weighted by molar-refractivity contribution is -0.384. The summed E-state index contributed by atoms with van der Waals surface area (Å²) in [6.07, 6.45) is 0. The number of rotatable bonds is 6. The fourth-order valence-electron chi connectivity index (χ4n) is 2.68. The van der Waals surface area contributed by atoms with Crippen molar-refractivity contribution in [3.05, 3.63) is 66.6 Å². The summed E-state index contributed by atoms with van der Waals surface area (Å²) in [6.45, 7) is -1.49. The van der Waals surface area contributed by atoms with Crippen molar-refractivity contribution in [3.63, 3.8) is 0 Å². The van der Waals surface area contributed by atoms with Crippen LogP contribution in [0.15, 0.2) is 30.3 Å². The molecule has 0 saturated carbocycles. The van der Waals surface area contributed by atoms with Crippen LogP contribution in [0.1, 0.15) is 20.7 Å². The third-order valence-electron chi connectivity index (χ3n) is 4.09. The number of nitrogens with one attached hydrogen (secondary N) is 1. The number of benzene rings is 2. The van der Waals surface area contributed by atoms with E-state index in [0.717, 1.165) is 6.07 Å². The van der Waals surface area contributed by atoms with Gasteiger partial charge in [0.25, 0.3) is 23.4 Å². The van der Waals surface area contributed by atoms with Crippen LogP contribution in [0.3, 0.4) is 0 Å². The van der Waals surface area contributed by atoms with Gasteiger partial charge < -0.3 is 10.1 Å². The van der Waals surface area contributed by atoms with Gasteiger partial charge in [-0.15, -0.1) is 0 Å². The lowest BCUT2D eigenvalue weighted by atomic mass is 10.1. The van der Waals surface area contributed by atoms with Gasteiger partial charge in [-0.25, -0.2) is 0 Å². The highest BCUT2D eigenvalue weighted by atomic mass is 35.5. The predicted molar refractivity (Wildman–Crippen MR) is 110 cm³/mol. The first-order valence-corrected chi connectivity index (χ1v) is 9.46. The normalized spacial score (nSPS) is 12.5. The second-order valence-corrected chi connectivity index (χ2v) is 7.36. The van der Waals surface area contributed by atoms with Crippen molar-refractivity contribution < 1.29 is 28.8 Å². The molecule has 1 aliphatic heterocycles. The molecule has 0 aliphatic carbocycles. The van der Waals surface area contributed by atoms with Crippen LogP contribution in [-0.4, -0.2) is 46.7 Å². The third-order valence-corrected chi connectivity index (χ3v) is 5.13. The van der Waals surface area contributed by atoms with Gasteiger partial charge in [0, 0.05) is 11.8 Å². The van der Waals surface area contributed by atoms with Gasteiger partial charge in [0.1, 0.15) is 11.6 Å². The molecule has 3 rings (SSSR count). The number of nitrogens with zero attached hydrogens (tertiary/aromatic N) is 2. The minimum Gasteiger partial charge on any atom is -0.454 e. The Hall–Kier alpha value is -3.21. The first kappa shape index (κ1) is 22.5. The van der Waals surface area contributed by atoms with E-state index in [1.54, 1.807) is 0 Å². The minimum atomic E-state index is -1.02. The van der Waals surface area contributed by atoms with Crippen LogP contribution in [0.25, 0.3) is 0 Å². The molecule has 1 N–H and O–H groups in total. The summed E-state index contributed by atoms with van der Waals surface area (Å²) in [6, 6.07) is 6.04. The SMILES string of the molecule is O=C(COC(=O)CN1C(=O)c2cc(Cl)c(Cl)cc2C1=O)Nc1ccc(Cl)c([N+](=O)[O-])c1. The van der Waals surface area contributed by atoms with Crippen molar-refractivity contribution in [3.8, 4) is 0 Å². The van der Waals surface area contributed by atoms with Crippen LogP contribution in [0, 0.1) is 10.1 Å². The molecule has 2 aromatic carbocycles. The minimum absolute atomic E-state index is 0.00530. The topological polar surface area (TPSA) is 136 Å². The van der Waals surface area contributed by atoms with Gasteiger partial charge in [0.05, 0.1) is 26.1 Å². The second kappa shape index (κ2) is 8.88. The molecule has 0 radical (unpaired) electrons. The third kappa shape index (κ3) is 4.76. The zero-order valence-electron chi connectivity index (χ0n) is 15.2. The van der Waals surface area contributed by atoms with E-state index in [2.05, 4.69) is 5.32 Å². The highest BCUT2D eigenvalue weighted by Crippen LogP contribution is 2.31. The average molecular weight is 487 g/mol. The van der Waals surface area contributed by atoms with Gasteiger partial charge in [-0.3, -0.25) is 34.2 Å². The number of anilines is 1. The number of amides is 3. The molecule has 2 aromatic rings. The van der Waals surface area contributed by atoms with Crippen LogP contribution in [0.2, 0.25) is 15.1 Å². The quantitative estimate of drug-likeness (QED) is 0.286.